The van der Waals surface area contributed by atoms with E-state index in [1.165, 1.54) is 6.21 Å². The zero-order chi connectivity index (χ0) is 20.9. The summed E-state index contributed by atoms with van der Waals surface area (Å²) in [7, 11) is 0. The molecule has 0 unspecified atom stereocenters. The first-order valence-electron chi connectivity index (χ1n) is 8.67. The van der Waals surface area contributed by atoms with Gasteiger partial charge in [0.1, 0.15) is 11.5 Å². The number of rotatable bonds is 5. The smallest absolute Gasteiger partial charge is 0.416 e. The van der Waals surface area contributed by atoms with Gasteiger partial charge in [-0.3, -0.25) is 4.79 Å². The van der Waals surface area contributed by atoms with Crippen molar-refractivity contribution in [1.82, 2.24) is 5.43 Å². The number of nitrogens with one attached hydrogen (secondary N) is 1. The Labute approximate surface area is 165 Å². The molecule has 0 aliphatic carbocycles. The Hall–Kier alpha value is -3.61. The predicted octanol–water partition coefficient (Wildman–Crippen LogP) is 5.57. The van der Waals surface area contributed by atoms with Crippen LogP contribution in [0.5, 0.6) is 11.5 Å². The monoisotopic (exact) mass is 398 g/mol. The van der Waals surface area contributed by atoms with Crippen molar-refractivity contribution in [2.24, 2.45) is 5.10 Å². The van der Waals surface area contributed by atoms with Crippen LogP contribution in [-0.4, -0.2) is 12.1 Å². The van der Waals surface area contributed by atoms with E-state index in [0.29, 0.717) is 17.1 Å². The number of hydrogen-bond acceptors (Lipinski definition) is 3. The van der Waals surface area contributed by atoms with Crippen molar-refractivity contribution < 1.29 is 22.7 Å². The molecule has 0 spiro atoms. The van der Waals surface area contributed by atoms with Crippen LogP contribution in [0.15, 0.2) is 77.9 Å². The van der Waals surface area contributed by atoms with E-state index in [1.807, 2.05) is 37.3 Å². The predicted molar refractivity (Wildman–Crippen MR) is 104 cm³/mol. The molecule has 0 fully saturated rings. The third-order valence-corrected chi connectivity index (χ3v) is 4.01. The van der Waals surface area contributed by atoms with Gasteiger partial charge in [0.25, 0.3) is 5.91 Å². The highest BCUT2D eigenvalue weighted by Gasteiger charge is 2.30. The summed E-state index contributed by atoms with van der Waals surface area (Å²) in [5.41, 5.74) is 3.28. The molecule has 3 aromatic carbocycles. The summed E-state index contributed by atoms with van der Waals surface area (Å²) < 4.78 is 43.6. The van der Waals surface area contributed by atoms with Crippen LogP contribution in [0.2, 0.25) is 0 Å². The first-order valence-corrected chi connectivity index (χ1v) is 8.67. The van der Waals surface area contributed by atoms with Gasteiger partial charge in [0.05, 0.1) is 11.8 Å². The fourth-order valence-electron chi connectivity index (χ4n) is 2.45. The van der Waals surface area contributed by atoms with Crippen LogP contribution in [0.4, 0.5) is 13.2 Å². The number of carbonyl (C=O) groups is 1. The summed E-state index contributed by atoms with van der Waals surface area (Å²) in [6.07, 6.45) is -3.04. The molecule has 7 heteroatoms. The van der Waals surface area contributed by atoms with E-state index in [2.05, 4.69) is 10.5 Å². The summed E-state index contributed by atoms with van der Waals surface area (Å²) in [4.78, 5) is 12.1. The van der Waals surface area contributed by atoms with Gasteiger partial charge in [-0.2, -0.15) is 18.3 Å². The molecule has 29 heavy (non-hydrogen) atoms. The average Bonchev–Trinajstić information content (AvgIpc) is 2.70. The highest BCUT2D eigenvalue weighted by atomic mass is 19.4. The number of hydrogen-bond donors (Lipinski definition) is 1. The first kappa shape index (κ1) is 20.1. The summed E-state index contributed by atoms with van der Waals surface area (Å²) >= 11 is 0. The van der Waals surface area contributed by atoms with E-state index >= 15 is 0 Å². The van der Waals surface area contributed by atoms with E-state index in [4.69, 9.17) is 4.74 Å². The van der Waals surface area contributed by atoms with E-state index in [1.54, 1.807) is 18.2 Å². The minimum Gasteiger partial charge on any atom is -0.457 e. The molecule has 148 valence electrons. The Balaban J connectivity index is 1.67. The lowest BCUT2D eigenvalue weighted by atomic mass is 10.1. The van der Waals surface area contributed by atoms with Crippen LogP contribution in [0, 0.1) is 6.92 Å². The highest BCUT2D eigenvalue weighted by molar-refractivity contribution is 5.95. The van der Waals surface area contributed by atoms with Gasteiger partial charge in [-0.25, -0.2) is 5.43 Å². The number of carbonyl (C=O) groups excluding carboxylic acids is 1. The van der Waals surface area contributed by atoms with Gasteiger partial charge < -0.3 is 4.74 Å². The lowest BCUT2D eigenvalue weighted by molar-refractivity contribution is -0.137. The second-order valence-corrected chi connectivity index (χ2v) is 6.23. The number of halogens is 3. The summed E-state index contributed by atoms with van der Waals surface area (Å²) in [6.45, 7) is 1.98. The summed E-state index contributed by atoms with van der Waals surface area (Å²) in [5, 5.41) is 3.88. The maximum absolute atomic E-state index is 12.6. The number of amides is 1. The quantitative estimate of drug-likeness (QED) is 0.451. The Kier molecular flexibility index (Phi) is 5.97. The van der Waals surface area contributed by atoms with Gasteiger partial charge in [0, 0.05) is 11.1 Å². The van der Waals surface area contributed by atoms with E-state index < -0.39 is 17.6 Å². The number of alkyl halides is 3. The molecule has 0 heterocycles. The maximum Gasteiger partial charge on any atom is 0.416 e. The van der Waals surface area contributed by atoms with E-state index in [0.717, 1.165) is 29.8 Å². The van der Waals surface area contributed by atoms with Crippen LogP contribution in [0.25, 0.3) is 0 Å². The van der Waals surface area contributed by atoms with Crippen LogP contribution in [0.1, 0.15) is 27.0 Å². The minimum absolute atomic E-state index is 0.0688. The Morgan fingerprint density at radius 3 is 2.28 bits per heavy atom. The third kappa shape index (κ3) is 5.44. The Morgan fingerprint density at radius 2 is 1.62 bits per heavy atom. The van der Waals surface area contributed by atoms with Gasteiger partial charge in [0.2, 0.25) is 0 Å². The second kappa shape index (κ2) is 8.60. The fraction of sp³-hybridized carbons (Fsp3) is 0.0909. The molecular formula is C22H17F3N2O2. The largest absolute Gasteiger partial charge is 0.457 e. The van der Waals surface area contributed by atoms with E-state index in [9.17, 15) is 18.0 Å². The third-order valence-electron chi connectivity index (χ3n) is 4.01. The molecule has 1 amide bonds. The van der Waals surface area contributed by atoms with Crippen molar-refractivity contribution in [2.75, 3.05) is 0 Å². The van der Waals surface area contributed by atoms with Gasteiger partial charge in [0.15, 0.2) is 0 Å². The molecule has 0 atom stereocenters. The number of hydrazone groups is 1. The van der Waals surface area contributed by atoms with Crippen LogP contribution >= 0.6 is 0 Å². The molecule has 3 rings (SSSR count). The van der Waals surface area contributed by atoms with Crippen LogP contribution < -0.4 is 10.2 Å². The number of aryl methyl sites for hydroxylation is 1. The fourth-order valence-corrected chi connectivity index (χ4v) is 2.45. The van der Waals surface area contributed by atoms with Crippen molar-refractivity contribution >= 4 is 12.1 Å². The van der Waals surface area contributed by atoms with Crippen LogP contribution in [-0.2, 0) is 6.18 Å². The minimum atomic E-state index is -4.45. The molecule has 0 saturated heterocycles. The zero-order valence-electron chi connectivity index (χ0n) is 15.4. The van der Waals surface area contributed by atoms with Gasteiger partial charge in [-0.15, -0.1) is 0 Å². The molecule has 3 aromatic rings. The summed E-state index contributed by atoms with van der Waals surface area (Å²) in [5.74, 6) is 0.584. The Bertz CT molecular complexity index is 1010. The molecule has 4 nitrogen and oxygen atoms in total. The lowest BCUT2D eigenvalue weighted by Gasteiger charge is -2.09. The average molecular weight is 398 g/mol. The SMILES string of the molecule is Cc1ccc(Oc2ccccc2/C=N\NC(=O)c2ccc(C(F)(F)F)cc2)cc1. The summed E-state index contributed by atoms with van der Waals surface area (Å²) in [6, 6.07) is 18.6. The van der Waals surface area contributed by atoms with Crippen LogP contribution in [0.3, 0.4) is 0 Å². The standard InChI is InChI=1S/C22H17F3N2O2/c1-15-6-12-19(13-7-15)29-20-5-3-2-4-17(20)14-26-27-21(28)16-8-10-18(11-9-16)22(23,24)25/h2-14H,1H3,(H,27,28)/b26-14-. The van der Waals surface area contributed by atoms with Gasteiger partial charge in [-0.05, 0) is 55.5 Å². The number of nitrogens with zero attached hydrogens (tertiary/aromatic N) is 1. The lowest BCUT2D eigenvalue weighted by Crippen LogP contribution is -2.18. The number of ether oxygens (including phenoxy) is 1. The number of para-hydroxylation sites is 1. The van der Waals surface area contributed by atoms with Crippen molar-refractivity contribution in [2.45, 2.75) is 13.1 Å². The molecule has 0 aliphatic heterocycles. The zero-order valence-corrected chi connectivity index (χ0v) is 15.4. The highest BCUT2D eigenvalue weighted by Crippen LogP contribution is 2.29. The molecule has 1 N–H and O–H groups in total. The van der Waals surface area contributed by atoms with Crippen molar-refractivity contribution in [3.63, 3.8) is 0 Å². The molecular weight excluding hydrogens is 381 g/mol. The van der Waals surface area contributed by atoms with Gasteiger partial charge in [-0.1, -0.05) is 29.8 Å². The van der Waals surface area contributed by atoms with Gasteiger partial charge >= 0.3 is 6.18 Å². The Morgan fingerprint density at radius 1 is 0.966 bits per heavy atom. The molecule has 0 aliphatic rings. The first-order chi connectivity index (χ1) is 13.8. The number of benzene rings is 3. The molecule has 0 radical (unpaired) electrons. The molecule has 0 bridgehead atoms. The second-order valence-electron chi connectivity index (χ2n) is 6.23. The van der Waals surface area contributed by atoms with E-state index in [-0.39, 0.29) is 5.56 Å². The molecule has 0 aromatic heterocycles. The van der Waals surface area contributed by atoms with Crippen molar-refractivity contribution in [1.29, 1.82) is 0 Å². The van der Waals surface area contributed by atoms with Crippen molar-refractivity contribution in [3.8, 4) is 11.5 Å². The molecule has 0 saturated carbocycles. The maximum atomic E-state index is 12.6. The topological polar surface area (TPSA) is 50.7 Å². The normalized spacial score (nSPS) is 11.4. The van der Waals surface area contributed by atoms with Crippen molar-refractivity contribution in [3.05, 3.63) is 95.1 Å².